The lowest BCUT2D eigenvalue weighted by Crippen LogP contribution is -2.43. The number of hydrogen-bond donors (Lipinski definition) is 0. The number of rotatable bonds is 2. The number of halogens is 1. The van der Waals surface area contributed by atoms with Gasteiger partial charge in [0.15, 0.2) is 5.78 Å². The Balaban J connectivity index is 2.23. The Labute approximate surface area is 114 Å². The van der Waals surface area contributed by atoms with Crippen LogP contribution < -0.4 is 0 Å². The molecular formula is C15H21FN2O. The average Bonchev–Trinajstić information content (AvgIpc) is 2.54. The quantitative estimate of drug-likeness (QED) is 0.763. The van der Waals surface area contributed by atoms with Gasteiger partial charge in [-0.1, -0.05) is 12.1 Å². The molecule has 1 saturated heterocycles. The highest BCUT2D eigenvalue weighted by Gasteiger charge is 2.27. The van der Waals surface area contributed by atoms with Gasteiger partial charge in [-0.3, -0.25) is 9.69 Å². The molecular weight excluding hydrogens is 243 g/mol. The molecule has 0 radical (unpaired) electrons. The van der Waals surface area contributed by atoms with Crippen LogP contribution in [0, 0.1) is 12.7 Å². The van der Waals surface area contributed by atoms with E-state index in [2.05, 4.69) is 9.80 Å². The minimum atomic E-state index is -0.310. The number of ketones is 1. The Morgan fingerprint density at radius 3 is 2.74 bits per heavy atom. The monoisotopic (exact) mass is 264 g/mol. The molecule has 1 atom stereocenters. The Bertz CT molecular complexity index is 475. The van der Waals surface area contributed by atoms with Crippen molar-refractivity contribution in [3.05, 3.63) is 35.1 Å². The number of likely N-dealkylation sites (N-methyl/N-ethyl adjacent to an activating group) is 2. The summed E-state index contributed by atoms with van der Waals surface area (Å²) in [5.74, 6) is -0.300. The lowest BCUT2D eigenvalue weighted by molar-refractivity contribution is 0.0839. The van der Waals surface area contributed by atoms with Crippen LogP contribution in [0.4, 0.5) is 4.39 Å². The molecule has 1 aromatic rings. The lowest BCUT2D eigenvalue weighted by Gasteiger charge is -2.26. The van der Waals surface area contributed by atoms with Crippen molar-refractivity contribution in [2.45, 2.75) is 19.4 Å². The van der Waals surface area contributed by atoms with E-state index in [0.717, 1.165) is 19.5 Å². The summed E-state index contributed by atoms with van der Waals surface area (Å²) in [4.78, 5) is 16.8. The first-order valence-corrected chi connectivity index (χ1v) is 6.68. The van der Waals surface area contributed by atoms with E-state index >= 15 is 0 Å². The molecule has 1 heterocycles. The van der Waals surface area contributed by atoms with Gasteiger partial charge < -0.3 is 4.90 Å². The molecule has 0 amide bonds. The van der Waals surface area contributed by atoms with Crippen molar-refractivity contribution in [2.24, 2.45) is 0 Å². The molecule has 1 aliphatic heterocycles. The van der Waals surface area contributed by atoms with Gasteiger partial charge in [-0.05, 0) is 52.2 Å². The van der Waals surface area contributed by atoms with E-state index in [1.165, 1.54) is 6.07 Å². The van der Waals surface area contributed by atoms with Crippen LogP contribution >= 0.6 is 0 Å². The van der Waals surface area contributed by atoms with Gasteiger partial charge in [0, 0.05) is 12.1 Å². The lowest BCUT2D eigenvalue weighted by atomic mass is 10.0. The molecule has 1 aromatic carbocycles. The first kappa shape index (κ1) is 14.2. The van der Waals surface area contributed by atoms with Crippen LogP contribution in [-0.4, -0.2) is 55.4 Å². The highest BCUT2D eigenvalue weighted by Crippen LogP contribution is 2.15. The molecule has 1 fully saturated rings. The Hall–Kier alpha value is -1.26. The number of aryl methyl sites for hydroxylation is 1. The molecule has 104 valence electrons. The highest BCUT2D eigenvalue weighted by atomic mass is 19.1. The van der Waals surface area contributed by atoms with Crippen LogP contribution in [0.1, 0.15) is 22.3 Å². The smallest absolute Gasteiger partial charge is 0.181 e. The molecule has 0 aromatic heterocycles. The molecule has 0 spiro atoms. The van der Waals surface area contributed by atoms with E-state index in [-0.39, 0.29) is 17.6 Å². The number of carbonyl (C=O) groups excluding carboxylic acids is 1. The maximum Gasteiger partial charge on any atom is 0.181 e. The third kappa shape index (κ3) is 3.19. The molecule has 0 N–H and O–H groups in total. The second kappa shape index (κ2) is 5.80. The van der Waals surface area contributed by atoms with E-state index in [0.29, 0.717) is 17.7 Å². The van der Waals surface area contributed by atoms with E-state index in [1.807, 2.05) is 14.1 Å². The molecule has 0 aliphatic carbocycles. The molecule has 4 heteroatoms. The minimum Gasteiger partial charge on any atom is -0.304 e. The molecule has 2 rings (SSSR count). The van der Waals surface area contributed by atoms with Crippen LogP contribution in [0.5, 0.6) is 0 Å². The van der Waals surface area contributed by atoms with E-state index < -0.39 is 0 Å². The van der Waals surface area contributed by atoms with Crippen LogP contribution in [0.15, 0.2) is 18.2 Å². The average molecular weight is 264 g/mol. The third-order valence-electron chi connectivity index (χ3n) is 3.83. The number of Topliss-reactive ketones (excluding diaryl/α,β-unsaturated/α-hetero) is 1. The molecule has 1 aliphatic rings. The summed E-state index contributed by atoms with van der Waals surface area (Å²) in [6.07, 6.45) is 1.05. The van der Waals surface area contributed by atoms with Crippen molar-refractivity contribution in [1.82, 2.24) is 9.80 Å². The van der Waals surface area contributed by atoms with Crippen LogP contribution in [0.25, 0.3) is 0 Å². The predicted octanol–water partition coefficient (Wildman–Crippen LogP) is 1.95. The van der Waals surface area contributed by atoms with Gasteiger partial charge in [-0.15, -0.1) is 0 Å². The first-order chi connectivity index (χ1) is 8.99. The topological polar surface area (TPSA) is 23.6 Å². The number of nitrogens with zero attached hydrogens (tertiary/aromatic N) is 2. The standard InChI is InChI=1S/C15H21FN2O/c1-11-5-6-12(9-13(11)16)15(19)14-10-17(2)7-4-8-18(14)3/h5-6,9,14H,4,7-8,10H2,1-3H3. The van der Waals surface area contributed by atoms with Gasteiger partial charge in [0.05, 0.1) is 6.04 Å². The van der Waals surface area contributed by atoms with Gasteiger partial charge >= 0.3 is 0 Å². The molecule has 0 bridgehead atoms. The fraction of sp³-hybridized carbons (Fsp3) is 0.533. The normalized spacial score (nSPS) is 22.2. The van der Waals surface area contributed by atoms with Crippen LogP contribution in [-0.2, 0) is 0 Å². The molecule has 3 nitrogen and oxygen atoms in total. The summed E-state index contributed by atoms with van der Waals surface area (Å²) in [6, 6.07) is 4.56. The van der Waals surface area contributed by atoms with Gasteiger partial charge in [-0.25, -0.2) is 4.39 Å². The fourth-order valence-electron chi connectivity index (χ4n) is 2.49. The SMILES string of the molecule is Cc1ccc(C(=O)C2CN(C)CCCN2C)cc1F. The van der Waals surface area contributed by atoms with E-state index in [4.69, 9.17) is 0 Å². The highest BCUT2D eigenvalue weighted by molar-refractivity contribution is 6.00. The van der Waals surface area contributed by atoms with Crippen molar-refractivity contribution in [3.63, 3.8) is 0 Å². The van der Waals surface area contributed by atoms with Gasteiger partial charge in [0.2, 0.25) is 0 Å². The van der Waals surface area contributed by atoms with Crippen molar-refractivity contribution < 1.29 is 9.18 Å². The zero-order valence-electron chi connectivity index (χ0n) is 11.8. The van der Waals surface area contributed by atoms with E-state index in [9.17, 15) is 9.18 Å². The Morgan fingerprint density at radius 1 is 1.32 bits per heavy atom. The fourth-order valence-corrected chi connectivity index (χ4v) is 2.49. The maximum absolute atomic E-state index is 13.6. The van der Waals surface area contributed by atoms with Crippen LogP contribution in [0.3, 0.4) is 0 Å². The number of hydrogen-bond acceptors (Lipinski definition) is 3. The summed E-state index contributed by atoms with van der Waals surface area (Å²) >= 11 is 0. The maximum atomic E-state index is 13.6. The Morgan fingerprint density at radius 2 is 2.05 bits per heavy atom. The first-order valence-electron chi connectivity index (χ1n) is 6.68. The second-order valence-electron chi connectivity index (χ2n) is 5.44. The summed E-state index contributed by atoms with van der Waals surface area (Å²) in [5.41, 5.74) is 1.04. The summed E-state index contributed by atoms with van der Waals surface area (Å²) in [7, 11) is 3.99. The molecule has 1 unspecified atom stereocenters. The predicted molar refractivity (Wildman–Crippen MR) is 74.0 cm³/mol. The van der Waals surface area contributed by atoms with Gasteiger partial charge in [-0.2, -0.15) is 0 Å². The number of benzene rings is 1. The minimum absolute atomic E-state index is 0.00940. The van der Waals surface area contributed by atoms with Gasteiger partial charge in [0.1, 0.15) is 5.82 Å². The third-order valence-corrected chi connectivity index (χ3v) is 3.83. The largest absolute Gasteiger partial charge is 0.304 e. The van der Waals surface area contributed by atoms with Crippen molar-refractivity contribution in [1.29, 1.82) is 0 Å². The van der Waals surface area contributed by atoms with Crippen molar-refractivity contribution in [3.8, 4) is 0 Å². The zero-order valence-corrected chi connectivity index (χ0v) is 11.8. The van der Waals surface area contributed by atoms with Crippen LogP contribution in [0.2, 0.25) is 0 Å². The zero-order chi connectivity index (χ0) is 14.0. The Kier molecular flexibility index (Phi) is 4.32. The second-order valence-corrected chi connectivity index (χ2v) is 5.44. The summed E-state index contributed by atoms with van der Waals surface area (Å²) < 4.78 is 13.6. The van der Waals surface area contributed by atoms with Crippen molar-refractivity contribution >= 4 is 5.78 Å². The summed E-state index contributed by atoms with van der Waals surface area (Å²) in [5, 5.41) is 0. The molecule has 0 saturated carbocycles. The molecule has 19 heavy (non-hydrogen) atoms. The summed E-state index contributed by atoms with van der Waals surface area (Å²) in [6.45, 7) is 4.30. The van der Waals surface area contributed by atoms with E-state index in [1.54, 1.807) is 19.1 Å². The van der Waals surface area contributed by atoms with Gasteiger partial charge in [0.25, 0.3) is 0 Å². The number of carbonyl (C=O) groups is 1. The van der Waals surface area contributed by atoms with Crippen molar-refractivity contribution in [2.75, 3.05) is 33.7 Å².